The molecule has 0 heterocycles. The lowest BCUT2D eigenvalue weighted by molar-refractivity contribution is -0.266. The second-order valence-corrected chi connectivity index (χ2v) is 7.67. The first-order chi connectivity index (χ1) is 16.4. The monoisotopic (exact) mass is 465 g/mol. The Morgan fingerprint density at radius 1 is 0.882 bits per heavy atom. The first kappa shape index (κ1) is 25.0. The predicted molar refractivity (Wildman–Crippen MR) is 128 cm³/mol. The molecule has 0 bridgehead atoms. The highest BCUT2D eigenvalue weighted by Crippen LogP contribution is 2.42. The number of methoxy groups -OCH3 is 1. The maximum Gasteiger partial charge on any atom is 0.430 e. The highest BCUT2D eigenvalue weighted by atomic mass is 19.4. The summed E-state index contributed by atoms with van der Waals surface area (Å²) >= 11 is 0. The molecule has 0 aliphatic carbocycles. The van der Waals surface area contributed by atoms with Gasteiger partial charge in [0.05, 0.1) is 6.04 Å². The van der Waals surface area contributed by atoms with Gasteiger partial charge < -0.3 is 10.1 Å². The van der Waals surface area contributed by atoms with Gasteiger partial charge in [-0.05, 0) is 17.5 Å². The van der Waals surface area contributed by atoms with Crippen LogP contribution in [0.4, 0.5) is 13.2 Å². The van der Waals surface area contributed by atoms with E-state index in [-0.39, 0.29) is 5.56 Å². The van der Waals surface area contributed by atoms with Crippen LogP contribution >= 0.6 is 0 Å². The van der Waals surface area contributed by atoms with Gasteiger partial charge in [0.2, 0.25) is 0 Å². The van der Waals surface area contributed by atoms with Gasteiger partial charge in [0.25, 0.3) is 11.5 Å². The van der Waals surface area contributed by atoms with Crippen molar-refractivity contribution in [3.8, 4) is 0 Å². The summed E-state index contributed by atoms with van der Waals surface area (Å²) in [5.41, 5.74) is -1.56. The van der Waals surface area contributed by atoms with Crippen LogP contribution in [0.2, 0.25) is 0 Å². The van der Waals surface area contributed by atoms with Crippen molar-refractivity contribution in [2.24, 2.45) is 0 Å². The van der Waals surface area contributed by atoms with Crippen LogP contribution in [0.25, 0.3) is 6.08 Å². The number of carbonyl (C=O) groups excluding carboxylic acids is 1. The Kier molecular flexibility index (Phi) is 8.44. The molecule has 0 radical (unpaired) electrons. The third kappa shape index (κ3) is 6.02. The molecule has 2 atom stereocenters. The van der Waals surface area contributed by atoms with Crippen LogP contribution < -0.4 is 5.32 Å². The maximum atomic E-state index is 14.3. The van der Waals surface area contributed by atoms with Gasteiger partial charge in [-0.25, -0.2) is 0 Å². The Morgan fingerprint density at radius 2 is 1.44 bits per heavy atom. The third-order valence-electron chi connectivity index (χ3n) is 5.36. The van der Waals surface area contributed by atoms with E-state index in [1.54, 1.807) is 24.3 Å². The minimum absolute atomic E-state index is 0.283. The van der Waals surface area contributed by atoms with Crippen molar-refractivity contribution >= 4 is 12.0 Å². The molecule has 0 unspecified atom stereocenters. The van der Waals surface area contributed by atoms with Crippen LogP contribution in [-0.2, 0) is 21.6 Å². The van der Waals surface area contributed by atoms with Crippen LogP contribution in [0.5, 0.6) is 0 Å². The molecule has 0 aliphatic rings. The van der Waals surface area contributed by atoms with E-state index in [9.17, 15) is 18.0 Å². The van der Waals surface area contributed by atoms with Crippen LogP contribution in [-0.4, -0.2) is 25.2 Å². The molecule has 1 N–H and O–H groups in total. The van der Waals surface area contributed by atoms with Crippen LogP contribution in [0.1, 0.15) is 16.7 Å². The number of ether oxygens (including phenoxy) is 1. The molecule has 34 heavy (non-hydrogen) atoms. The lowest BCUT2D eigenvalue weighted by Crippen LogP contribution is -2.57. The van der Waals surface area contributed by atoms with Crippen molar-refractivity contribution < 1.29 is 22.7 Å². The fourth-order valence-electron chi connectivity index (χ4n) is 3.66. The summed E-state index contributed by atoms with van der Waals surface area (Å²) in [6.07, 6.45) is 2.38. The predicted octanol–water partition coefficient (Wildman–Crippen LogP) is 6.09. The summed E-state index contributed by atoms with van der Waals surface area (Å²) in [6.45, 7) is 0. The fraction of sp³-hybridized carbons (Fsp3) is 0.179. The Bertz CT molecular complexity index is 1100. The van der Waals surface area contributed by atoms with Crippen LogP contribution in [0, 0.1) is 0 Å². The van der Waals surface area contributed by atoms with E-state index in [0.717, 1.165) is 18.2 Å². The molecule has 0 aliphatic heterocycles. The quantitative estimate of drug-likeness (QED) is 0.389. The van der Waals surface area contributed by atoms with E-state index in [1.165, 1.54) is 24.3 Å². The summed E-state index contributed by atoms with van der Waals surface area (Å²) in [6, 6.07) is 25.1. The van der Waals surface area contributed by atoms with Crippen LogP contribution in [0.3, 0.4) is 0 Å². The summed E-state index contributed by atoms with van der Waals surface area (Å²) in [7, 11) is 0.894. The van der Waals surface area contributed by atoms with E-state index >= 15 is 0 Å². The molecular weight excluding hydrogens is 439 g/mol. The fourth-order valence-corrected chi connectivity index (χ4v) is 3.66. The number of benzene rings is 3. The number of carbonyl (C=O) groups is 1. The Balaban J connectivity index is 1.89. The minimum Gasteiger partial charge on any atom is -0.356 e. The van der Waals surface area contributed by atoms with Gasteiger partial charge in [0.1, 0.15) is 0 Å². The number of rotatable bonds is 9. The average molecular weight is 466 g/mol. The van der Waals surface area contributed by atoms with Gasteiger partial charge in [0.15, 0.2) is 0 Å². The van der Waals surface area contributed by atoms with E-state index in [0.29, 0.717) is 6.42 Å². The molecule has 0 spiro atoms. The third-order valence-corrected chi connectivity index (χ3v) is 5.36. The van der Waals surface area contributed by atoms with Gasteiger partial charge in [-0.15, -0.1) is 0 Å². The molecular formula is C28H26F3NO2. The molecule has 1 amide bonds. The number of amides is 1. The Labute approximate surface area is 197 Å². The molecule has 0 saturated heterocycles. The van der Waals surface area contributed by atoms with Gasteiger partial charge >= 0.3 is 6.18 Å². The highest BCUT2D eigenvalue weighted by Gasteiger charge is 2.62. The van der Waals surface area contributed by atoms with Crippen molar-refractivity contribution in [3.05, 3.63) is 126 Å². The number of allylic oxidation sites excluding steroid dienone is 2. The zero-order valence-corrected chi connectivity index (χ0v) is 18.7. The summed E-state index contributed by atoms with van der Waals surface area (Å²) in [4.78, 5) is 13.2. The SMILES string of the molecule is CO[C@](C(=O)N[C@H](/C=C/C=C/c1ccccc1)Cc1ccccc1)(c1ccccc1)C(F)(F)F. The number of halogens is 3. The van der Waals surface area contributed by atoms with Gasteiger partial charge in [-0.3, -0.25) is 4.79 Å². The van der Waals surface area contributed by atoms with E-state index in [4.69, 9.17) is 4.74 Å². The van der Waals surface area contributed by atoms with E-state index < -0.39 is 23.7 Å². The number of hydrogen-bond donors (Lipinski definition) is 1. The number of hydrogen-bond acceptors (Lipinski definition) is 2. The first-order valence-corrected chi connectivity index (χ1v) is 10.8. The number of alkyl halides is 3. The maximum absolute atomic E-state index is 14.3. The zero-order chi connectivity index (χ0) is 24.4. The molecule has 0 fully saturated rings. The second kappa shape index (κ2) is 11.5. The van der Waals surface area contributed by atoms with Crippen LogP contribution in [0.15, 0.2) is 109 Å². The first-order valence-electron chi connectivity index (χ1n) is 10.8. The molecule has 0 aromatic heterocycles. The van der Waals surface area contributed by atoms with Crippen molar-refractivity contribution in [2.45, 2.75) is 24.2 Å². The van der Waals surface area contributed by atoms with Gasteiger partial charge in [-0.2, -0.15) is 13.2 Å². The minimum atomic E-state index is -4.97. The lowest BCUT2D eigenvalue weighted by Gasteiger charge is -2.34. The lowest BCUT2D eigenvalue weighted by atomic mass is 9.91. The highest BCUT2D eigenvalue weighted by molar-refractivity contribution is 5.88. The molecule has 3 nitrogen and oxygen atoms in total. The summed E-state index contributed by atoms with van der Waals surface area (Å²) in [5, 5.41) is 2.56. The molecule has 0 saturated carbocycles. The van der Waals surface area contributed by atoms with Gasteiger partial charge in [-0.1, -0.05) is 115 Å². The molecule has 3 rings (SSSR count). The molecule has 3 aromatic carbocycles. The normalized spacial score (nSPS) is 14.7. The molecule has 176 valence electrons. The summed E-state index contributed by atoms with van der Waals surface area (Å²) < 4.78 is 47.7. The van der Waals surface area contributed by atoms with Crippen molar-refractivity contribution in [3.63, 3.8) is 0 Å². The van der Waals surface area contributed by atoms with Gasteiger partial charge in [0, 0.05) is 12.7 Å². The largest absolute Gasteiger partial charge is 0.430 e. The number of nitrogens with one attached hydrogen (secondary N) is 1. The average Bonchev–Trinajstić information content (AvgIpc) is 2.83. The van der Waals surface area contributed by atoms with Crippen molar-refractivity contribution in [1.29, 1.82) is 0 Å². The smallest absolute Gasteiger partial charge is 0.356 e. The molecule has 3 aromatic rings. The topological polar surface area (TPSA) is 38.3 Å². The second-order valence-electron chi connectivity index (χ2n) is 7.67. The molecule has 6 heteroatoms. The van der Waals surface area contributed by atoms with E-state index in [2.05, 4.69) is 5.32 Å². The Morgan fingerprint density at radius 3 is 2.00 bits per heavy atom. The van der Waals surface area contributed by atoms with Crippen molar-refractivity contribution in [1.82, 2.24) is 5.32 Å². The standard InChI is InChI=1S/C28H26F3NO2/c1-34-27(28(29,30)31,24-18-9-4-10-19-24)26(33)32-25(21-23-16-7-3-8-17-23)20-12-11-15-22-13-5-2-6-14-22/h2-20,25H,21H2,1H3,(H,32,33)/b15-11+,20-12+/t25-,27+/m1/s1. The zero-order valence-electron chi connectivity index (χ0n) is 18.7. The van der Waals surface area contributed by atoms with Crippen molar-refractivity contribution in [2.75, 3.05) is 7.11 Å². The van der Waals surface area contributed by atoms with E-state index in [1.807, 2.05) is 66.7 Å². The summed E-state index contributed by atoms with van der Waals surface area (Å²) in [5.74, 6) is -1.27. The Hall–Kier alpha value is -3.64.